The van der Waals surface area contributed by atoms with Crippen LogP contribution in [0.2, 0.25) is 5.02 Å². The van der Waals surface area contributed by atoms with E-state index in [-0.39, 0.29) is 16.3 Å². The Morgan fingerprint density at radius 1 is 1.39 bits per heavy atom. The van der Waals surface area contributed by atoms with Gasteiger partial charge in [-0.15, -0.1) is 0 Å². The minimum Gasteiger partial charge on any atom is -0.379 e. The van der Waals surface area contributed by atoms with Crippen LogP contribution >= 0.6 is 11.6 Å². The average molecular weight is 270 g/mol. The molecule has 2 heterocycles. The molecular formula is C14H17ClFNO. The van der Waals surface area contributed by atoms with E-state index in [0.29, 0.717) is 5.92 Å². The van der Waals surface area contributed by atoms with Crippen molar-refractivity contribution in [3.63, 3.8) is 0 Å². The molecule has 0 saturated carbocycles. The van der Waals surface area contributed by atoms with Crippen LogP contribution in [0.4, 0.5) is 4.39 Å². The number of benzene rings is 1. The first-order chi connectivity index (χ1) is 8.72. The average Bonchev–Trinajstić information content (AvgIpc) is 2.34. The van der Waals surface area contributed by atoms with Crippen molar-refractivity contribution in [1.82, 2.24) is 5.32 Å². The van der Waals surface area contributed by atoms with Crippen LogP contribution in [-0.4, -0.2) is 26.3 Å². The van der Waals surface area contributed by atoms with Crippen molar-refractivity contribution in [2.75, 3.05) is 26.3 Å². The van der Waals surface area contributed by atoms with E-state index in [1.165, 1.54) is 18.9 Å². The van der Waals surface area contributed by atoms with Crippen molar-refractivity contribution in [1.29, 1.82) is 0 Å². The molecule has 1 aromatic carbocycles. The molecule has 0 bridgehead atoms. The van der Waals surface area contributed by atoms with E-state index in [2.05, 4.69) is 5.32 Å². The van der Waals surface area contributed by atoms with Crippen molar-refractivity contribution in [3.05, 3.63) is 34.6 Å². The van der Waals surface area contributed by atoms with Crippen molar-refractivity contribution in [2.45, 2.75) is 18.3 Å². The molecule has 98 valence electrons. The van der Waals surface area contributed by atoms with Crippen molar-refractivity contribution < 1.29 is 9.13 Å². The van der Waals surface area contributed by atoms with Crippen molar-refractivity contribution in [3.8, 4) is 0 Å². The summed E-state index contributed by atoms with van der Waals surface area (Å²) in [4.78, 5) is 0. The predicted octanol–water partition coefficient (Wildman–Crippen LogP) is 2.75. The van der Waals surface area contributed by atoms with E-state index < -0.39 is 0 Å². The zero-order valence-corrected chi connectivity index (χ0v) is 11.0. The summed E-state index contributed by atoms with van der Waals surface area (Å²) in [7, 11) is 0. The van der Waals surface area contributed by atoms with Gasteiger partial charge in [0.05, 0.1) is 18.2 Å². The molecule has 2 aliphatic heterocycles. The second-order valence-electron chi connectivity index (χ2n) is 5.32. The molecule has 0 spiro atoms. The smallest absolute Gasteiger partial charge is 0.141 e. The number of ether oxygens (including phenoxy) is 1. The van der Waals surface area contributed by atoms with Gasteiger partial charge in [-0.05, 0) is 49.5 Å². The van der Waals surface area contributed by atoms with Crippen molar-refractivity contribution in [2.24, 2.45) is 5.92 Å². The highest BCUT2D eigenvalue weighted by Crippen LogP contribution is 2.43. The van der Waals surface area contributed by atoms with E-state index in [1.54, 1.807) is 6.07 Å². The Balaban J connectivity index is 1.92. The lowest BCUT2D eigenvalue weighted by Crippen LogP contribution is -2.56. The largest absolute Gasteiger partial charge is 0.379 e. The topological polar surface area (TPSA) is 21.3 Å². The molecule has 2 saturated heterocycles. The molecule has 2 nitrogen and oxygen atoms in total. The molecule has 3 rings (SSSR count). The molecule has 1 unspecified atom stereocenters. The summed E-state index contributed by atoms with van der Waals surface area (Å²) in [6, 6.07) is 5.10. The van der Waals surface area contributed by atoms with Gasteiger partial charge in [0.2, 0.25) is 0 Å². The van der Waals surface area contributed by atoms with Gasteiger partial charge in [-0.3, -0.25) is 0 Å². The Hall–Kier alpha value is -0.640. The third-order valence-electron chi connectivity index (χ3n) is 4.29. The normalized spacial score (nSPS) is 26.7. The number of halogens is 2. The molecule has 2 fully saturated rings. The van der Waals surface area contributed by atoms with Gasteiger partial charge < -0.3 is 10.1 Å². The highest BCUT2D eigenvalue weighted by molar-refractivity contribution is 6.30. The molecule has 0 radical (unpaired) electrons. The zero-order chi connectivity index (χ0) is 12.6. The minimum atomic E-state index is -0.349. The third-order valence-corrected chi connectivity index (χ3v) is 4.58. The highest BCUT2D eigenvalue weighted by atomic mass is 35.5. The van der Waals surface area contributed by atoms with Crippen LogP contribution < -0.4 is 5.32 Å². The maximum absolute atomic E-state index is 13.3. The Labute approximate surface area is 111 Å². The summed E-state index contributed by atoms with van der Waals surface area (Å²) in [6.07, 6.45) is 2.40. The Bertz CT molecular complexity index is 441. The van der Waals surface area contributed by atoms with E-state index >= 15 is 0 Å². The van der Waals surface area contributed by atoms with Gasteiger partial charge in [0, 0.05) is 5.41 Å². The molecule has 2 aliphatic rings. The number of hydrogen-bond acceptors (Lipinski definition) is 2. The fourth-order valence-electron chi connectivity index (χ4n) is 3.09. The first-order valence-corrected chi connectivity index (χ1v) is 6.84. The Kier molecular flexibility index (Phi) is 3.31. The van der Waals surface area contributed by atoms with E-state index in [0.717, 1.165) is 31.9 Å². The van der Waals surface area contributed by atoms with E-state index in [1.807, 2.05) is 6.07 Å². The molecular weight excluding hydrogens is 253 g/mol. The van der Waals surface area contributed by atoms with Crippen LogP contribution in [0.1, 0.15) is 18.4 Å². The van der Waals surface area contributed by atoms with Crippen LogP contribution in [0.15, 0.2) is 18.2 Å². The molecule has 18 heavy (non-hydrogen) atoms. The summed E-state index contributed by atoms with van der Waals surface area (Å²) in [6.45, 7) is 3.55. The molecule has 4 heteroatoms. The summed E-state index contributed by atoms with van der Waals surface area (Å²) >= 11 is 5.91. The lowest BCUT2D eigenvalue weighted by atomic mass is 9.66. The van der Waals surface area contributed by atoms with Crippen LogP contribution in [0.25, 0.3) is 0 Å². The predicted molar refractivity (Wildman–Crippen MR) is 69.5 cm³/mol. The molecule has 0 aliphatic carbocycles. The van der Waals surface area contributed by atoms with Gasteiger partial charge >= 0.3 is 0 Å². The molecule has 0 aromatic heterocycles. The number of rotatable bonds is 2. The molecule has 1 N–H and O–H groups in total. The maximum Gasteiger partial charge on any atom is 0.141 e. The second kappa shape index (κ2) is 4.80. The van der Waals surface area contributed by atoms with Gasteiger partial charge in [0.25, 0.3) is 0 Å². The van der Waals surface area contributed by atoms with Crippen LogP contribution in [0, 0.1) is 11.7 Å². The van der Waals surface area contributed by atoms with Gasteiger partial charge in [-0.1, -0.05) is 17.7 Å². The number of hydrogen-bond donors (Lipinski definition) is 1. The quantitative estimate of drug-likeness (QED) is 0.891. The monoisotopic (exact) mass is 269 g/mol. The fourth-order valence-corrected chi connectivity index (χ4v) is 3.27. The summed E-state index contributed by atoms with van der Waals surface area (Å²) < 4.78 is 18.7. The summed E-state index contributed by atoms with van der Waals surface area (Å²) in [5.74, 6) is 0.208. The van der Waals surface area contributed by atoms with Crippen LogP contribution in [-0.2, 0) is 10.2 Å². The zero-order valence-electron chi connectivity index (χ0n) is 10.2. The van der Waals surface area contributed by atoms with Crippen LogP contribution in [0.5, 0.6) is 0 Å². The highest BCUT2D eigenvalue weighted by Gasteiger charge is 2.47. The SMILES string of the molecule is Fc1ccc(C2(C3CCCNC3)COC2)cc1Cl. The van der Waals surface area contributed by atoms with Gasteiger partial charge in [0.15, 0.2) is 0 Å². The van der Waals surface area contributed by atoms with E-state index in [4.69, 9.17) is 16.3 Å². The lowest BCUT2D eigenvalue weighted by molar-refractivity contribution is -0.0947. The molecule has 0 amide bonds. The molecule has 1 atom stereocenters. The van der Waals surface area contributed by atoms with Gasteiger partial charge in [0.1, 0.15) is 5.82 Å². The van der Waals surface area contributed by atoms with Crippen molar-refractivity contribution >= 4 is 11.6 Å². The first-order valence-electron chi connectivity index (χ1n) is 6.46. The summed E-state index contributed by atoms with van der Waals surface area (Å²) in [5.41, 5.74) is 1.15. The van der Waals surface area contributed by atoms with Gasteiger partial charge in [-0.2, -0.15) is 0 Å². The van der Waals surface area contributed by atoms with Gasteiger partial charge in [-0.25, -0.2) is 4.39 Å². The fraction of sp³-hybridized carbons (Fsp3) is 0.571. The number of piperidine rings is 1. The number of nitrogens with one attached hydrogen (secondary N) is 1. The first kappa shape index (κ1) is 12.4. The second-order valence-corrected chi connectivity index (χ2v) is 5.73. The maximum atomic E-state index is 13.3. The molecule has 1 aromatic rings. The lowest BCUT2D eigenvalue weighted by Gasteiger charge is -2.49. The minimum absolute atomic E-state index is 0.0325. The standard InChI is InChI=1S/C14H17ClFNO/c15-12-6-10(3-4-13(12)16)14(8-18-9-14)11-2-1-5-17-7-11/h3-4,6,11,17H,1-2,5,7-9H2. The third kappa shape index (κ3) is 1.94. The summed E-state index contributed by atoms with van der Waals surface area (Å²) in [5, 5.41) is 3.65. The van der Waals surface area contributed by atoms with Crippen LogP contribution in [0.3, 0.4) is 0 Å². The van der Waals surface area contributed by atoms with E-state index in [9.17, 15) is 4.39 Å². The Morgan fingerprint density at radius 3 is 2.78 bits per heavy atom. The Morgan fingerprint density at radius 2 is 2.22 bits per heavy atom.